The van der Waals surface area contributed by atoms with Crippen molar-refractivity contribution < 1.29 is 0 Å². The highest BCUT2D eigenvalue weighted by Gasteiger charge is 2.16. The van der Waals surface area contributed by atoms with Crippen LogP contribution in [0.3, 0.4) is 0 Å². The molecule has 1 atom stereocenters. The fourth-order valence-electron chi connectivity index (χ4n) is 1.89. The second-order valence-electron chi connectivity index (χ2n) is 4.99. The molecular formula is C13H30N2. The summed E-state index contributed by atoms with van der Waals surface area (Å²) in [7, 11) is 0. The van der Waals surface area contributed by atoms with E-state index in [1.165, 1.54) is 38.8 Å². The summed E-state index contributed by atoms with van der Waals surface area (Å²) in [4.78, 5) is 0. The predicted molar refractivity (Wildman–Crippen MR) is 68.8 cm³/mol. The Labute approximate surface area is 96.4 Å². The maximum atomic E-state index is 3.46. The molecule has 0 aromatic heterocycles. The van der Waals surface area contributed by atoms with E-state index in [0.29, 0.717) is 6.04 Å². The summed E-state index contributed by atoms with van der Waals surface area (Å²) >= 11 is 0. The summed E-state index contributed by atoms with van der Waals surface area (Å²) in [5, 5.41) is 2.41. The number of hydrogen-bond donors (Lipinski definition) is 1. The average Bonchev–Trinajstić information content (AvgIpc) is 2.19. The summed E-state index contributed by atoms with van der Waals surface area (Å²) in [6, 6.07) is 0.699. The van der Waals surface area contributed by atoms with E-state index in [0.717, 1.165) is 5.92 Å². The third-order valence-corrected chi connectivity index (χ3v) is 2.49. The van der Waals surface area contributed by atoms with Gasteiger partial charge in [-0.1, -0.05) is 34.1 Å². The first-order valence-electron chi connectivity index (χ1n) is 6.61. The molecule has 0 amide bonds. The predicted octanol–water partition coefficient (Wildman–Crippen LogP) is 3.44. The summed E-state index contributed by atoms with van der Waals surface area (Å²) in [6.45, 7) is 13.6. The van der Waals surface area contributed by atoms with Gasteiger partial charge >= 0.3 is 0 Å². The SMILES string of the molecule is CC(C)CC(C)N1CCCCN1.CCC. The van der Waals surface area contributed by atoms with Crippen LogP contribution in [0.2, 0.25) is 0 Å². The molecule has 0 saturated carbocycles. The number of hydrogen-bond acceptors (Lipinski definition) is 2. The molecule has 92 valence electrons. The van der Waals surface area contributed by atoms with Crippen LogP contribution in [-0.4, -0.2) is 24.1 Å². The molecule has 0 bridgehead atoms. The monoisotopic (exact) mass is 214 g/mol. The summed E-state index contributed by atoms with van der Waals surface area (Å²) in [5.74, 6) is 0.809. The van der Waals surface area contributed by atoms with Crippen molar-refractivity contribution in [3.8, 4) is 0 Å². The van der Waals surface area contributed by atoms with Gasteiger partial charge in [-0.25, -0.2) is 5.01 Å². The molecular weight excluding hydrogens is 184 g/mol. The lowest BCUT2D eigenvalue weighted by molar-refractivity contribution is 0.0924. The van der Waals surface area contributed by atoms with E-state index in [1.807, 2.05) is 0 Å². The van der Waals surface area contributed by atoms with Gasteiger partial charge in [0.25, 0.3) is 0 Å². The molecule has 2 nitrogen and oxygen atoms in total. The van der Waals surface area contributed by atoms with Crippen LogP contribution in [0.15, 0.2) is 0 Å². The standard InChI is InChI=1S/C10H22N2.C3H8/c1-9(2)8-10(3)12-7-5-4-6-11-12;1-3-2/h9-11H,4-8H2,1-3H3;3H2,1-2H3. The van der Waals surface area contributed by atoms with Crippen molar-refractivity contribution in [1.29, 1.82) is 0 Å². The molecule has 1 aliphatic rings. The summed E-state index contributed by atoms with van der Waals surface area (Å²) in [5.41, 5.74) is 3.46. The van der Waals surface area contributed by atoms with Crippen LogP contribution in [0.4, 0.5) is 0 Å². The lowest BCUT2D eigenvalue weighted by Gasteiger charge is -2.33. The molecule has 1 aliphatic heterocycles. The van der Waals surface area contributed by atoms with Crippen molar-refractivity contribution in [2.24, 2.45) is 5.92 Å². The Hall–Kier alpha value is -0.0800. The smallest absolute Gasteiger partial charge is 0.0217 e. The minimum atomic E-state index is 0.699. The molecule has 1 heterocycles. The zero-order chi connectivity index (χ0) is 11.7. The maximum Gasteiger partial charge on any atom is 0.0217 e. The highest BCUT2D eigenvalue weighted by atomic mass is 15.5. The molecule has 0 radical (unpaired) electrons. The number of hydrazine groups is 1. The molecule has 15 heavy (non-hydrogen) atoms. The fraction of sp³-hybridized carbons (Fsp3) is 1.00. The minimum absolute atomic E-state index is 0.699. The molecule has 1 unspecified atom stereocenters. The Morgan fingerprint density at radius 2 is 1.73 bits per heavy atom. The molecule has 0 aliphatic carbocycles. The molecule has 1 N–H and O–H groups in total. The largest absolute Gasteiger partial charge is 0.255 e. The van der Waals surface area contributed by atoms with Crippen LogP contribution in [0.25, 0.3) is 0 Å². The van der Waals surface area contributed by atoms with Crippen LogP contribution >= 0.6 is 0 Å². The normalized spacial score (nSPS) is 19.6. The van der Waals surface area contributed by atoms with Crippen molar-refractivity contribution in [3.63, 3.8) is 0 Å². The van der Waals surface area contributed by atoms with Crippen molar-refractivity contribution in [3.05, 3.63) is 0 Å². The molecule has 0 aromatic carbocycles. The third-order valence-electron chi connectivity index (χ3n) is 2.49. The Bertz CT molecular complexity index is 128. The first-order valence-corrected chi connectivity index (χ1v) is 6.61. The van der Waals surface area contributed by atoms with Crippen LogP contribution in [0.1, 0.15) is 60.3 Å². The van der Waals surface area contributed by atoms with Crippen LogP contribution in [-0.2, 0) is 0 Å². The lowest BCUT2D eigenvalue weighted by Crippen LogP contribution is -2.48. The van der Waals surface area contributed by atoms with Gasteiger partial charge in [0.05, 0.1) is 0 Å². The number of rotatable bonds is 3. The first-order chi connectivity index (χ1) is 7.11. The summed E-state index contributed by atoms with van der Waals surface area (Å²) in [6.07, 6.45) is 5.24. The zero-order valence-corrected chi connectivity index (χ0v) is 11.3. The molecule has 0 aromatic rings. The van der Waals surface area contributed by atoms with Crippen LogP contribution in [0.5, 0.6) is 0 Å². The highest BCUT2D eigenvalue weighted by Crippen LogP contribution is 2.12. The van der Waals surface area contributed by atoms with E-state index in [1.54, 1.807) is 0 Å². The van der Waals surface area contributed by atoms with Gasteiger partial charge in [-0.15, -0.1) is 0 Å². The number of nitrogens with one attached hydrogen (secondary N) is 1. The quantitative estimate of drug-likeness (QED) is 0.774. The third kappa shape index (κ3) is 7.80. The lowest BCUT2D eigenvalue weighted by atomic mass is 10.0. The average molecular weight is 214 g/mol. The van der Waals surface area contributed by atoms with Gasteiger partial charge in [0.2, 0.25) is 0 Å². The second kappa shape index (κ2) is 9.17. The second-order valence-corrected chi connectivity index (χ2v) is 4.99. The zero-order valence-electron chi connectivity index (χ0n) is 11.3. The topological polar surface area (TPSA) is 15.3 Å². The van der Waals surface area contributed by atoms with Crippen molar-refractivity contribution >= 4 is 0 Å². The van der Waals surface area contributed by atoms with Gasteiger partial charge in [0.15, 0.2) is 0 Å². The van der Waals surface area contributed by atoms with Crippen LogP contribution < -0.4 is 5.43 Å². The Morgan fingerprint density at radius 1 is 1.13 bits per heavy atom. The van der Waals surface area contributed by atoms with E-state index in [2.05, 4.69) is 45.1 Å². The molecule has 0 spiro atoms. The van der Waals surface area contributed by atoms with E-state index in [-0.39, 0.29) is 0 Å². The van der Waals surface area contributed by atoms with Crippen molar-refractivity contribution in [2.75, 3.05) is 13.1 Å². The van der Waals surface area contributed by atoms with E-state index >= 15 is 0 Å². The van der Waals surface area contributed by atoms with Gasteiger partial charge in [0, 0.05) is 19.1 Å². The Kier molecular flexibility index (Phi) is 9.12. The first kappa shape index (κ1) is 14.9. The molecule has 1 rings (SSSR count). The fourth-order valence-corrected chi connectivity index (χ4v) is 1.89. The molecule has 2 heteroatoms. The Balaban J connectivity index is 0.000000583. The van der Waals surface area contributed by atoms with Gasteiger partial charge in [-0.2, -0.15) is 0 Å². The molecule has 1 fully saturated rings. The van der Waals surface area contributed by atoms with E-state index in [4.69, 9.17) is 0 Å². The molecule has 1 saturated heterocycles. The highest BCUT2D eigenvalue weighted by molar-refractivity contribution is 4.68. The van der Waals surface area contributed by atoms with Crippen molar-refractivity contribution in [1.82, 2.24) is 10.4 Å². The summed E-state index contributed by atoms with van der Waals surface area (Å²) < 4.78 is 0. The van der Waals surface area contributed by atoms with E-state index in [9.17, 15) is 0 Å². The number of nitrogens with zero attached hydrogens (tertiary/aromatic N) is 1. The van der Waals surface area contributed by atoms with Gasteiger partial charge in [-0.3, -0.25) is 5.43 Å². The Morgan fingerprint density at radius 3 is 2.13 bits per heavy atom. The van der Waals surface area contributed by atoms with Crippen molar-refractivity contribution in [2.45, 2.75) is 66.3 Å². The van der Waals surface area contributed by atoms with Gasteiger partial charge in [-0.05, 0) is 32.1 Å². The van der Waals surface area contributed by atoms with Crippen LogP contribution in [0, 0.1) is 5.92 Å². The minimum Gasteiger partial charge on any atom is -0.255 e. The maximum absolute atomic E-state index is 3.46. The van der Waals surface area contributed by atoms with Gasteiger partial charge in [0.1, 0.15) is 0 Å². The van der Waals surface area contributed by atoms with Gasteiger partial charge < -0.3 is 0 Å². The van der Waals surface area contributed by atoms with E-state index < -0.39 is 0 Å².